The molecule has 5 nitrogen and oxygen atoms in total. The highest BCUT2D eigenvalue weighted by Gasteiger charge is 2.09. The second-order valence-corrected chi connectivity index (χ2v) is 7.81. The van der Waals surface area contributed by atoms with Crippen LogP contribution >= 0.6 is 23.2 Å². The molecule has 0 unspecified atom stereocenters. The van der Waals surface area contributed by atoms with Gasteiger partial charge < -0.3 is 22.5 Å². The largest absolute Gasteiger partial charge is 1.00 e. The van der Waals surface area contributed by atoms with Gasteiger partial charge in [0.2, 0.25) is 10.0 Å². The third-order valence-corrected chi connectivity index (χ3v) is 5.01. The summed E-state index contributed by atoms with van der Waals surface area (Å²) in [5.74, 6) is 0.504. The summed E-state index contributed by atoms with van der Waals surface area (Å²) in [4.78, 5) is 0.114. The molecule has 3 N–H and O–H groups in total. The number of rotatable bonds is 8. The van der Waals surface area contributed by atoms with Crippen LogP contribution in [0, 0.1) is 0 Å². The van der Waals surface area contributed by atoms with Gasteiger partial charge in [0.15, 0.2) is 5.75 Å². The number of primary sulfonamides is 1. The Bertz CT molecular complexity index is 805. The maximum Gasteiger partial charge on any atom is 0.238 e. The lowest BCUT2D eigenvalue weighted by Gasteiger charge is -2.11. The first-order valence-corrected chi connectivity index (χ1v) is 10.0. The van der Waals surface area contributed by atoms with Crippen molar-refractivity contribution in [3.63, 3.8) is 0 Å². The van der Waals surface area contributed by atoms with Gasteiger partial charge in [-0.3, -0.25) is 0 Å². The minimum absolute atomic E-state index is 0. The lowest BCUT2D eigenvalue weighted by Crippen LogP contribution is -3.00. The van der Waals surface area contributed by atoms with Crippen LogP contribution < -0.4 is 27.6 Å². The Morgan fingerprint density at radius 1 is 1.08 bits per heavy atom. The lowest BCUT2D eigenvalue weighted by atomic mass is 10.1. The Balaban J connectivity index is 0.00000338. The molecule has 0 aliphatic carbocycles. The maximum atomic E-state index is 11.2. The zero-order chi connectivity index (χ0) is 18.4. The molecule has 0 aliphatic rings. The molecule has 2 aromatic rings. The normalized spacial score (nSPS) is 11.1. The quantitative estimate of drug-likeness (QED) is 0.584. The van der Waals surface area contributed by atoms with Gasteiger partial charge in [-0.05, 0) is 55.3 Å². The highest BCUT2D eigenvalue weighted by atomic mass is 35.5. The van der Waals surface area contributed by atoms with Gasteiger partial charge in [-0.1, -0.05) is 35.3 Å². The highest BCUT2D eigenvalue weighted by Crippen LogP contribution is 2.34. The molecule has 0 atom stereocenters. The van der Waals surface area contributed by atoms with Crippen LogP contribution in [0.3, 0.4) is 0 Å². The maximum absolute atomic E-state index is 11.2. The molecule has 0 aromatic heterocycles. The molecule has 144 valence electrons. The van der Waals surface area contributed by atoms with Gasteiger partial charge in [0.05, 0.1) is 21.5 Å². The van der Waals surface area contributed by atoms with E-state index in [0.29, 0.717) is 28.9 Å². The van der Waals surface area contributed by atoms with Gasteiger partial charge in [-0.25, -0.2) is 13.6 Å². The summed E-state index contributed by atoms with van der Waals surface area (Å²) in [5, 5.41) is 9.36. The molecule has 2 aromatic carbocycles. The van der Waals surface area contributed by atoms with E-state index in [2.05, 4.69) is 5.32 Å². The molecule has 0 bridgehead atoms. The average Bonchev–Trinajstić information content (AvgIpc) is 2.54. The van der Waals surface area contributed by atoms with Crippen LogP contribution in [-0.4, -0.2) is 21.6 Å². The SMILES string of the molecule is CCOc1c(Cl)cc(CNCCc2ccc(S(N)(=O)=O)cc2)cc1Cl.[Cl-]. The molecular formula is C17H20Cl3N2O3S-. The Hall–Kier alpha value is -1.02. The van der Waals surface area contributed by atoms with E-state index in [4.69, 9.17) is 33.1 Å². The number of hydrogen-bond acceptors (Lipinski definition) is 4. The number of ether oxygens (including phenoxy) is 1. The summed E-state index contributed by atoms with van der Waals surface area (Å²) in [7, 11) is -3.65. The fraction of sp³-hybridized carbons (Fsp3) is 0.294. The Kier molecular flexibility index (Phi) is 9.16. The monoisotopic (exact) mass is 437 g/mol. The number of sulfonamides is 1. The van der Waals surface area contributed by atoms with E-state index in [9.17, 15) is 8.42 Å². The summed E-state index contributed by atoms with van der Waals surface area (Å²) in [5.41, 5.74) is 1.98. The number of nitrogens with two attached hydrogens (primary N) is 1. The van der Waals surface area contributed by atoms with Crippen molar-refractivity contribution in [2.24, 2.45) is 5.14 Å². The molecule has 0 radical (unpaired) electrons. The second kappa shape index (κ2) is 10.3. The molecule has 9 heteroatoms. The van der Waals surface area contributed by atoms with E-state index in [-0.39, 0.29) is 17.3 Å². The summed E-state index contributed by atoms with van der Waals surface area (Å²) >= 11 is 12.4. The third-order valence-electron chi connectivity index (χ3n) is 3.52. The second-order valence-electron chi connectivity index (χ2n) is 5.44. The van der Waals surface area contributed by atoms with Crippen molar-refractivity contribution in [2.75, 3.05) is 13.2 Å². The molecule has 26 heavy (non-hydrogen) atoms. The van der Waals surface area contributed by atoms with E-state index in [1.807, 2.05) is 19.1 Å². The summed E-state index contributed by atoms with van der Waals surface area (Å²) < 4.78 is 27.8. The molecule has 0 amide bonds. The van der Waals surface area contributed by atoms with Gasteiger partial charge in [0.25, 0.3) is 0 Å². The first kappa shape index (κ1) is 23.0. The third kappa shape index (κ3) is 6.61. The molecule has 2 rings (SSSR count). The molecule has 0 heterocycles. The minimum Gasteiger partial charge on any atom is -1.00 e. The van der Waals surface area contributed by atoms with Crippen molar-refractivity contribution in [3.05, 3.63) is 57.6 Å². The van der Waals surface area contributed by atoms with E-state index >= 15 is 0 Å². The lowest BCUT2D eigenvalue weighted by molar-refractivity contribution is -0.00000810. The van der Waals surface area contributed by atoms with Crippen LogP contribution in [0.4, 0.5) is 0 Å². The minimum atomic E-state index is -3.65. The van der Waals surface area contributed by atoms with Crippen molar-refractivity contribution < 1.29 is 25.6 Å². The van der Waals surface area contributed by atoms with Crippen LogP contribution in [0.15, 0.2) is 41.3 Å². The molecule has 0 saturated carbocycles. The van der Waals surface area contributed by atoms with Crippen molar-refractivity contribution in [1.82, 2.24) is 5.32 Å². The number of hydrogen-bond donors (Lipinski definition) is 2. The molecular weight excluding hydrogens is 419 g/mol. The fourth-order valence-corrected chi connectivity index (χ4v) is 3.46. The predicted octanol–water partition coefficient (Wildman–Crippen LogP) is 0.376. The first-order valence-electron chi connectivity index (χ1n) is 7.74. The zero-order valence-electron chi connectivity index (χ0n) is 14.1. The number of halogens is 3. The van der Waals surface area contributed by atoms with Crippen LogP contribution in [0.25, 0.3) is 0 Å². The smallest absolute Gasteiger partial charge is 0.238 e. The average molecular weight is 439 g/mol. The van der Waals surface area contributed by atoms with E-state index in [1.165, 1.54) is 12.1 Å². The Morgan fingerprint density at radius 3 is 2.15 bits per heavy atom. The van der Waals surface area contributed by atoms with Crippen molar-refractivity contribution in [2.45, 2.75) is 24.8 Å². The molecule has 0 fully saturated rings. The van der Waals surface area contributed by atoms with E-state index < -0.39 is 10.0 Å². The fourth-order valence-electron chi connectivity index (χ4n) is 2.31. The van der Waals surface area contributed by atoms with Crippen LogP contribution in [0.2, 0.25) is 10.0 Å². The summed E-state index contributed by atoms with van der Waals surface area (Å²) in [6, 6.07) is 10.2. The Labute approximate surface area is 170 Å². The van der Waals surface area contributed by atoms with E-state index in [1.54, 1.807) is 12.1 Å². The van der Waals surface area contributed by atoms with Crippen LogP contribution in [0.1, 0.15) is 18.1 Å². The van der Waals surface area contributed by atoms with E-state index in [0.717, 1.165) is 24.1 Å². The first-order chi connectivity index (χ1) is 11.8. The molecule has 0 saturated heterocycles. The molecule has 0 aliphatic heterocycles. The highest BCUT2D eigenvalue weighted by molar-refractivity contribution is 7.89. The summed E-state index contributed by atoms with van der Waals surface area (Å²) in [6.45, 7) is 3.71. The zero-order valence-corrected chi connectivity index (χ0v) is 17.2. The van der Waals surface area contributed by atoms with Crippen molar-refractivity contribution in [1.29, 1.82) is 0 Å². The molecule has 0 spiro atoms. The van der Waals surface area contributed by atoms with Gasteiger partial charge >= 0.3 is 0 Å². The summed E-state index contributed by atoms with van der Waals surface area (Å²) in [6.07, 6.45) is 0.753. The van der Waals surface area contributed by atoms with Gasteiger partial charge in [0.1, 0.15) is 0 Å². The topological polar surface area (TPSA) is 81.4 Å². The van der Waals surface area contributed by atoms with Crippen molar-refractivity contribution in [3.8, 4) is 5.75 Å². The van der Waals surface area contributed by atoms with Gasteiger partial charge in [-0.15, -0.1) is 0 Å². The van der Waals surface area contributed by atoms with Crippen molar-refractivity contribution >= 4 is 33.2 Å². The predicted molar refractivity (Wildman–Crippen MR) is 101 cm³/mol. The number of nitrogens with one attached hydrogen (secondary N) is 1. The van der Waals surface area contributed by atoms with Crippen LogP contribution in [0.5, 0.6) is 5.75 Å². The van der Waals surface area contributed by atoms with Gasteiger partial charge in [0, 0.05) is 6.54 Å². The van der Waals surface area contributed by atoms with Crippen LogP contribution in [-0.2, 0) is 23.0 Å². The Morgan fingerprint density at radius 2 is 1.65 bits per heavy atom. The number of benzene rings is 2. The van der Waals surface area contributed by atoms with Gasteiger partial charge in [-0.2, -0.15) is 0 Å². The standard InChI is InChI=1S/C17H20Cl2N2O3S.ClH/c1-2-24-17-15(18)9-13(10-16(17)19)11-21-8-7-12-3-5-14(6-4-12)25(20,22)23;/h3-6,9-10,21H,2,7-8,11H2,1H3,(H2,20,22,23);1H/p-1.